The van der Waals surface area contributed by atoms with Crippen LogP contribution in [0.5, 0.6) is 0 Å². The van der Waals surface area contributed by atoms with Gasteiger partial charge in [0, 0.05) is 11.8 Å². The molecule has 1 heterocycles. The van der Waals surface area contributed by atoms with Crippen molar-refractivity contribution in [2.75, 3.05) is 0 Å². The van der Waals surface area contributed by atoms with Crippen LogP contribution in [0, 0.1) is 34.5 Å². The Kier molecular flexibility index (Phi) is 2.71. The molecule has 4 bridgehead atoms. The number of fused-ring (bicyclic) bond motifs is 1. The average molecular weight is 348 g/mol. The number of ether oxygens (including phenoxy) is 1. The van der Waals surface area contributed by atoms with Crippen molar-refractivity contribution < 1.29 is 29.6 Å². The van der Waals surface area contributed by atoms with E-state index in [0.717, 1.165) is 5.57 Å². The van der Waals surface area contributed by atoms with Gasteiger partial charge in [-0.25, -0.2) is 0 Å². The third-order valence-corrected chi connectivity index (χ3v) is 8.43. The predicted octanol–water partition coefficient (Wildman–Crippen LogP) is 1.11. The van der Waals surface area contributed by atoms with E-state index in [-0.39, 0.29) is 11.8 Å². The van der Waals surface area contributed by atoms with Gasteiger partial charge in [-0.3, -0.25) is 9.59 Å². The summed E-state index contributed by atoms with van der Waals surface area (Å²) in [4.78, 5) is 25.2. The number of aliphatic carboxylic acids is 1. The minimum Gasteiger partial charge on any atom is -0.481 e. The number of hydrogen-bond acceptors (Lipinski definition) is 5. The number of carboxylic acids is 1. The van der Waals surface area contributed by atoms with Crippen molar-refractivity contribution in [1.82, 2.24) is 0 Å². The van der Waals surface area contributed by atoms with Gasteiger partial charge in [-0.15, -0.1) is 0 Å². The lowest BCUT2D eigenvalue weighted by atomic mass is 9.59. The van der Waals surface area contributed by atoms with E-state index >= 15 is 0 Å². The first-order valence-corrected chi connectivity index (χ1v) is 9.18. The van der Waals surface area contributed by atoms with Gasteiger partial charge in [-0.2, -0.15) is 0 Å². The van der Waals surface area contributed by atoms with Gasteiger partial charge in [0.25, 0.3) is 0 Å². The lowest BCUT2D eigenvalue weighted by Crippen LogP contribution is -2.54. The zero-order valence-electron chi connectivity index (χ0n) is 14.3. The Morgan fingerprint density at radius 1 is 1.32 bits per heavy atom. The molecule has 1 unspecified atom stereocenters. The molecule has 3 N–H and O–H groups in total. The minimum atomic E-state index is -1.22. The Bertz CT molecular complexity index is 717. The number of carbonyl (C=O) groups is 2. The summed E-state index contributed by atoms with van der Waals surface area (Å²) in [5.41, 5.74) is -1.80. The van der Waals surface area contributed by atoms with Gasteiger partial charge >= 0.3 is 11.9 Å². The first-order chi connectivity index (χ1) is 11.7. The fourth-order valence-corrected chi connectivity index (χ4v) is 7.74. The van der Waals surface area contributed by atoms with Crippen LogP contribution in [0.2, 0.25) is 0 Å². The molecule has 5 rings (SSSR count). The molecule has 5 fully saturated rings. The van der Waals surface area contributed by atoms with Gasteiger partial charge in [0.15, 0.2) is 0 Å². The fourth-order valence-electron chi connectivity index (χ4n) is 7.74. The summed E-state index contributed by atoms with van der Waals surface area (Å²) < 4.78 is 5.92. The average Bonchev–Trinajstić information content (AvgIpc) is 2.99. The van der Waals surface area contributed by atoms with E-state index in [1.807, 2.05) is 0 Å². The molecule has 1 saturated heterocycles. The lowest BCUT2D eigenvalue weighted by Gasteiger charge is -2.46. The summed E-state index contributed by atoms with van der Waals surface area (Å²) in [5.74, 6) is -3.11. The molecule has 0 amide bonds. The van der Waals surface area contributed by atoms with Gasteiger partial charge < -0.3 is 20.1 Å². The third kappa shape index (κ3) is 1.44. The number of aliphatic hydroxyl groups is 2. The Labute approximate surface area is 145 Å². The van der Waals surface area contributed by atoms with Crippen molar-refractivity contribution in [2.45, 2.75) is 56.8 Å². The Morgan fingerprint density at radius 2 is 2.04 bits per heavy atom. The Balaban J connectivity index is 1.78. The van der Waals surface area contributed by atoms with Crippen LogP contribution in [0.25, 0.3) is 0 Å². The van der Waals surface area contributed by atoms with Crippen LogP contribution >= 0.6 is 0 Å². The van der Waals surface area contributed by atoms with E-state index < -0.39 is 52.4 Å². The molecule has 0 aromatic rings. The molecule has 9 atom stereocenters. The molecule has 6 nitrogen and oxygen atoms in total. The molecule has 0 aromatic carbocycles. The van der Waals surface area contributed by atoms with Crippen LogP contribution in [0.3, 0.4) is 0 Å². The third-order valence-electron chi connectivity index (χ3n) is 8.43. The Hall–Kier alpha value is -1.40. The monoisotopic (exact) mass is 348 g/mol. The molecular weight excluding hydrogens is 324 g/mol. The second kappa shape index (κ2) is 4.29. The quantitative estimate of drug-likeness (QED) is 0.484. The van der Waals surface area contributed by atoms with Gasteiger partial charge in [-0.1, -0.05) is 12.2 Å². The van der Waals surface area contributed by atoms with Crippen LogP contribution in [0.4, 0.5) is 0 Å². The molecule has 136 valence electrons. The highest BCUT2D eigenvalue weighted by atomic mass is 16.6. The number of aliphatic hydroxyl groups excluding tert-OH is 2. The van der Waals surface area contributed by atoms with Crippen LogP contribution in [0.1, 0.15) is 39.0 Å². The molecule has 0 radical (unpaired) electrons. The van der Waals surface area contributed by atoms with Crippen LogP contribution in [0.15, 0.2) is 12.2 Å². The normalized spacial score (nSPS) is 58.7. The van der Waals surface area contributed by atoms with Gasteiger partial charge in [0.05, 0.1) is 23.5 Å². The SMILES string of the molecule is C=C1C[C@]23CC1C[C@H](O)[C@H]2[C@@]12CC[C@H](O)[C@@](C)(C(=O)O1)[C@H]2[C@@H]3C(=O)O. The summed E-state index contributed by atoms with van der Waals surface area (Å²) in [6, 6.07) is 0. The second-order valence-corrected chi connectivity index (χ2v) is 9.23. The summed E-state index contributed by atoms with van der Waals surface area (Å²) in [5, 5.41) is 31.8. The number of carboxylic acid groups (broad SMARTS) is 1. The minimum absolute atomic E-state index is 0.136. The first-order valence-electron chi connectivity index (χ1n) is 9.18. The molecular formula is C19H24O6. The maximum absolute atomic E-state index is 12.7. The predicted molar refractivity (Wildman–Crippen MR) is 85.2 cm³/mol. The molecule has 6 heteroatoms. The largest absolute Gasteiger partial charge is 0.481 e. The molecule has 4 aliphatic carbocycles. The summed E-state index contributed by atoms with van der Waals surface area (Å²) in [6.45, 7) is 5.80. The van der Waals surface area contributed by atoms with Crippen LogP contribution < -0.4 is 0 Å². The molecule has 1 aliphatic heterocycles. The van der Waals surface area contributed by atoms with Crippen molar-refractivity contribution in [1.29, 1.82) is 0 Å². The smallest absolute Gasteiger partial charge is 0.315 e. The van der Waals surface area contributed by atoms with E-state index in [9.17, 15) is 24.9 Å². The van der Waals surface area contributed by atoms with Gasteiger partial charge in [0.1, 0.15) is 5.60 Å². The molecule has 25 heavy (non-hydrogen) atoms. The van der Waals surface area contributed by atoms with Crippen molar-refractivity contribution >= 4 is 11.9 Å². The van der Waals surface area contributed by atoms with E-state index in [0.29, 0.717) is 32.1 Å². The number of esters is 1. The van der Waals surface area contributed by atoms with Crippen molar-refractivity contribution in [3.63, 3.8) is 0 Å². The molecule has 1 spiro atoms. The van der Waals surface area contributed by atoms with Gasteiger partial charge in [0.2, 0.25) is 0 Å². The highest BCUT2D eigenvalue weighted by Crippen LogP contribution is 2.77. The Morgan fingerprint density at radius 3 is 2.72 bits per heavy atom. The maximum atomic E-state index is 12.7. The van der Waals surface area contributed by atoms with Crippen LogP contribution in [-0.4, -0.2) is 45.1 Å². The van der Waals surface area contributed by atoms with Crippen molar-refractivity contribution in [3.8, 4) is 0 Å². The number of allylic oxidation sites excluding steroid dienone is 1. The fraction of sp³-hybridized carbons (Fsp3) is 0.789. The second-order valence-electron chi connectivity index (χ2n) is 9.23. The van der Waals surface area contributed by atoms with Crippen molar-refractivity contribution in [3.05, 3.63) is 12.2 Å². The lowest BCUT2D eigenvalue weighted by molar-refractivity contribution is -0.169. The molecule has 0 aromatic heterocycles. The van der Waals surface area contributed by atoms with E-state index in [1.165, 1.54) is 0 Å². The summed E-state index contributed by atoms with van der Waals surface area (Å²) in [7, 11) is 0. The van der Waals surface area contributed by atoms with E-state index in [2.05, 4.69) is 6.58 Å². The molecule has 5 aliphatic rings. The standard InChI is InChI=1S/C19H24O6/c1-8-6-18-7-9(8)5-10(20)13(18)19-4-3-11(21)17(2,16(24)25-19)14(19)12(18)15(22)23/h9-14,20-21H,1,3-7H2,2H3,(H,22,23)/t9?,10-,11-,12+,13+,14+,17+,18+,19+/m0/s1. The number of hydrogen-bond donors (Lipinski definition) is 3. The summed E-state index contributed by atoms with van der Waals surface area (Å²) in [6.07, 6.45) is 1.03. The summed E-state index contributed by atoms with van der Waals surface area (Å²) >= 11 is 0. The van der Waals surface area contributed by atoms with Crippen LogP contribution in [-0.2, 0) is 14.3 Å². The number of rotatable bonds is 1. The molecule has 4 saturated carbocycles. The zero-order chi connectivity index (χ0) is 17.9. The van der Waals surface area contributed by atoms with Crippen molar-refractivity contribution in [2.24, 2.45) is 34.5 Å². The maximum Gasteiger partial charge on any atom is 0.315 e. The zero-order valence-corrected chi connectivity index (χ0v) is 14.3. The van der Waals surface area contributed by atoms with E-state index in [4.69, 9.17) is 4.74 Å². The van der Waals surface area contributed by atoms with E-state index in [1.54, 1.807) is 6.92 Å². The highest BCUT2D eigenvalue weighted by Gasteiger charge is 2.84. The number of carbonyl (C=O) groups excluding carboxylic acids is 1. The topological polar surface area (TPSA) is 104 Å². The highest BCUT2D eigenvalue weighted by molar-refractivity contribution is 5.85. The van der Waals surface area contributed by atoms with Gasteiger partial charge in [-0.05, 0) is 50.4 Å². The first kappa shape index (κ1) is 15.8.